The number of amides is 1. The summed E-state index contributed by atoms with van der Waals surface area (Å²) in [5.41, 5.74) is 3.90. The van der Waals surface area contributed by atoms with Gasteiger partial charge in [-0.1, -0.05) is 0 Å². The van der Waals surface area contributed by atoms with Crippen LogP contribution in [0.3, 0.4) is 0 Å². The van der Waals surface area contributed by atoms with Crippen LogP contribution in [0.15, 0.2) is 72.1 Å². The van der Waals surface area contributed by atoms with Crippen molar-refractivity contribution in [3.05, 3.63) is 83.7 Å². The third kappa shape index (κ3) is 5.20. The molecule has 8 heteroatoms. The van der Waals surface area contributed by atoms with E-state index < -0.39 is 5.97 Å². The van der Waals surface area contributed by atoms with Gasteiger partial charge in [-0.25, -0.2) is 10.2 Å². The fraction of sp³-hybridized carbons (Fsp3) is 0.0909. The number of hydrogen-bond acceptors (Lipinski definition) is 7. The van der Waals surface area contributed by atoms with E-state index in [0.29, 0.717) is 28.2 Å². The van der Waals surface area contributed by atoms with Gasteiger partial charge in [0, 0.05) is 18.0 Å². The van der Waals surface area contributed by atoms with Crippen molar-refractivity contribution >= 4 is 18.1 Å². The van der Waals surface area contributed by atoms with Crippen LogP contribution in [0.1, 0.15) is 26.3 Å². The molecule has 1 heterocycles. The van der Waals surface area contributed by atoms with E-state index >= 15 is 0 Å². The molecule has 0 aliphatic rings. The summed E-state index contributed by atoms with van der Waals surface area (Å²) in [6.45, 7) is 0. The third-order valence-electron chi connectivity index (χ3n) is 4.04. The fourth-order valence-corrected chi connectivity index (χ4v) is 2.47. The Morgan fingerprint density at radius 1 is 0.900 bits per heavy atom. The van der Waals surface area contributed by atoms with Crippen LogP contribution in [0, 0.1) is 0 Å². The number of esters is 1. The zero-order chi connectivity index (χ0) is 21.3. The van der Waals surface area contributed by atoms with E-state index in [1.54, 1.807) is 61.7 Å². The van der Waals surface area contributed by atoms with E-state index in [1.807, 2.05) is 0 Å². The van der Waals surface area contributed by atoms with Crippen molar-refractivity contribution in [1.82, 2.24) is 10.4 Å². The molecule has 0 saturated heterocycles. The predicted molar refractivity (Wildman–Crippen MR) is 110 cm³/mol. The molecule has 0 aliphatic carbocycles. The van der Waals surface area contributed by atoms with Crippen molar-refractivity contribution in [2.75, 3.05) is 14.2 Å². The van der Waals surface area contributed by atoms with Crippen LogP contribution in [0.25, 0.3) is 0 Å². The molecule has 3 aromatic rings. The molecule has 30 heavy (non-hydrogen) atoms. The topological polar surface area (TPSA) is 99.1 Å². The zero-order valence-corrected chi connectivity index (χ0v) is 16.4. The normalized spacial score (nSPS) is 10.5. The van der Waals surface area contributed by atoms with Crippen LogP contribution in [0.2, 0.25) is 0 Å². The third-order valence-corrected chi connectivity index (χ3v) is 4.04. The van der Waals surface area contributed by atoms with Gasteiger partial charge >= 0.3 is 5.97 Å². The molecule has 152 valence electrons. The van der Waals surface area contributed by atoms with Gasteiger partial charge in [0.2, 0.25) is 0 Å². The first-order valence-electron chi connectivity index (χ1n) is 8.88. The summed E-state index contributed by atoms with van der Waals surface area (Å²) in [6.07, 6.45) is 4.50. The van der Waals surface area contributed by atoms with Crippen LogP contribution in [-0.2, 0) is 0 Å². The Labute approximate surface area is 173 Å². The molecule has 0 bridgehead atoms. The van der Waals surface area contributed by atoms with Crippen molar-refractivity contribution < 1.29 is 23.8 Å². The van der Waals surface area contributed by atoms with Crippen LogP contribution >= 0.6 is 0 Å². The number of nitrogens with one attached hydrogen (secondary N) is 1. The van der Waals surface area contributed by atoms with E-state index in [2.05, 4.69) is 15.5 Å². The van der Waals surface area contributed by atoms with Gasteiger partial charge in [-0.05, 0) is 60.2 Å². The lowest BCUT2D eigenvalue weighted by Gasteiger charge is -2.10. The van der Waals surface area contributed by atoms with Crippen molar-refractivity contribution in [2.24, 2.45) is 5.10 Å². The molecule has 1 N–H and O–H groups in total. The highest BCUT2D eigenvalue weighted by atomic mass is 16.6. The minimum atomic E-state index is -0.526. The molecular formula is C22H19N3O5. The molecule has 0 saturated carbocycles. The van der Waals surface area contributed by atoms with Crippen molar-refractivity contribution in [3.63, 3.8) is 0 Å². The summed E-state index contributed by atoms with van der Waals surface area (Å²) in [6, 6.07) is 14.6. The molecule has 3 rings (SSSR count). The number of carbonyl (C=O) groups excluding carboxylic acids is 2. The van der Waals surface area contributed by atoms with E-state index in [1.165, 1.54) is 25.7 Å². The largest absolute Gasteiger partial charge is 0.497 e. The highest BCUT2D eigenvalue weighted by Crippen LogP contribution is 2.28. The van der Waals surface area contributed by atoms with E-state index in [9.17, 15) is 9.59 Å². The first-order valence-corrected chi connectivity index (χ1v) is 8.88. The summed E-state index contributed by atoms with van der Waals surface area (Å²) < 4.78 is 15.8. The van der Waals surface area contributed by atoms with Gasteiger partial charge in [-0.15, -0.1) is 0 Å². The Morgan fingerprint density at radius 3 is 2.30 bits per heavy atom. The molecule has 2 aromatic carbocycles. The van der Waals surface area contributed by atoms with Gasteiger partial charge in [0.05, 0.1) is 26.0 Å². The number of hydrogen-bond donors (Lipinski definition) is 1. The number of carbonyl (C=O) groups is 2. The monoisotopic (exact) mass is 405 g/mol. The van der Waals surface area contributed by atoms with Gasteiger partial charge in [0.25, 0.3) is 5.91 Å². The maximum absolute atomic E-state index is 12.4. The summed E-state index contributed by atoms with van der Waals surface area (Å²) in [5.74, 6) is 0.369. The molecule has 0 radical (unpaired) electrons. The number of pyridine rings is 1. The second kappa shape index (κ2) is 9.83. The van der Waals surface area contributed by atoms with E-state index in [0.717, 1.165) is 0 Å². The Kier molecular flexibility index (Phi) is 6.73. The maximum atomic E-state index is 12.4. The second-order valence-electron chi connectivity index (χ2n) is 5.96. The number of methoxy groups -OCH3 is 2. The summed E-state index contributed by atoms with van der Waals surface area (Å²) in [7, 11) is 3.01. The molecular weight excluding hydrogens is 386 g/mol. The quantitative estimate of drug-likeness (QED) is 0.281. The number of benzene rings is 2. The summed E-state index contributed by atoms with van der Waals surface area (Å²) in [5, 5.41) is 3.93. The lowest BCUT2D eigenvalue weighted by Crippen LogP contribution is -2.17. The Morgan fingerprint density at radius 2 is 1.63 bits per heavy atom. The summed E-state index contributed by atoms with van der Waals surface area (Å²) >= 11 is 0. The maximum Gasteiger partial charge on any atom is 0.343 e. The van der Waals surface area contributed by atoms with Crippen LogP contribution < -0.4 is 19.6 Å². The lowest BCUT2D eigenvalue weighted by molar-refractivity contribution is 0.0729. The Balaban J connectivity index is 1.66. The van der Waals surface area contributed by atoms with Gasteiger partial charge in [0.1, 0.15) is 5.75 Å². The molecule has 0 fully saturated rings. The first-order chi connectivity index (χ1) is 14.6. The molecule has 8 nitrogen and oxygen atoms in total. The number of nitrogens with zero attached hydrogens (tertiary/aromatic N) is 2. The number of ether oxygens (including phenoxy) is 3. The highest BCUT2D eigenvalue weighted by molar-refractivity contribution is 5.95. The lowest BCUT2D eigenvalue weighted by atomic mass is 10.2. The SMILES string of the molecule is COc1ccc(C(=O)Oc2ccc(/C=N/NC(=O)c3ccncc3)cc2OC)cc1. The van der Waals surface area contributed by atoms with Gasteiger partial charge < -0.3 is 14.2 Å². The van der Waals surface area contributed by atoms with Crippen LogP contribution in [-0.4, -0.2) is 37.3 Å². The minimum absolute atomic E-state index is 0.260. The van der Waals surface area contributed by atoms with Gasteiger partial charge in [0.15, 0.2) is 11.5 Å². The molecule has 0 atom stereocenters. The molecule has 1 amide bonds. The van der Waals surface area contributed by atoms with Crippen molar-refractivity contribution in [1.29, 1.82) is 0 Å². The van der Waals surface area contributed by atoms with Crippen molar-refractivity contribution in [3.8, 4) is 17.2 Å². The van der Waals surface area contributed by atoms with E-state index in [4.69, 9.17) is 14.2 Å². The fourth-order valence-electron chi connectivity index (χ4n) is 2.47. The minimum Gasteiger partial charge on any atom is -0.497 e. The summed E-state index contributed by atoms with van der Waals surface area (Å²) in [4.78, 5) is 28.2. The van der Waals surface area contributed by atoms with E-state index in [-0.39, 0.29) is 11.7 Å². The van der Waals surface area contributed by atoms with Crippen LogP contribution in [0.5, 0.6) is 17.2 Å². The second-order valence-corrected chi connectivity index (χ2v) is 5.96. The predicted octanol–water partition coefficient (Wildman–Crippen LogP) is 3.08. The van der Waals surface area contributed by atoms with Gasteiger partial charge in [-0.2, -0.15) is 5.10 Å². The molecule has 0 spiro atoms. The zero-order valence-electron chi connectivity index (χ0n) is 16.4. The molecule has 1 aromatic heterocycles. The van der Waals surface area contributed by atoms with Crippen molar-refractivity contribution in [2.45, 2.75) is 0 Å². The molecule has 0 unspecified atom stereocenters. The Bertz CT molecular complexity index is 1050. The van der Waals surface area contributed by atoms with Crippen LogP contribution in [0.4, 0.5) is 0 Å². The smallest absolute Gasteiger partial charge is 0.343 e. The molecule has 0 aliphatic heterocycles. The number of hydrazone groups is 1. The highest BCUT2D eigenvalue weighted by Gasteiger charge is 2.13. The first kappa shape index (κ1) is 20.5. The van der Waals surface area contributed by atoms with Gasteiger partial charge in [-0.3, -0.25) is 9.78 Å². The number of rotatable bonds is 7. The number of aromatic nitrogens is 1. The Hall–Kier alpha value is -4.20. The average Bonchev–Trinajstić information content (AvgIpc) is 2.80. The standard InChI is InChI=1S/C22H19N3O5/c1-28-18-6-4-17(5-7-18)22(27)30-19-8-3-15(13-20(19)29-2)14-24-25-21(26)16-9-11-23-12-10-16/h3-14H,1-2H3,(H,25,26)/b24-14+. The average molecular weight is 405 g/mol.